The number of ketones is 5. The standard InChI is InChI=1S/C39H47FO7/c1-9-23-13-12-22(11-10-16-36(5,6)40)17-25(23)24-14-15-27(42)29-26(24)18-37(7)19-38(8)30(20(2)3)32(43)28(21(4)41)34(45)39(38,47)35(46)31(37)33(29)44/h12-15,17,20,28,30-31,42,47H,9-11,16,18-19H2,1-8H3/t28?,30?,31?,37-,38-,39+/m1/s1. The lowest BCUT2D eigenvalue weighted by atomic mass is 9.40. The molecule has 252 valence electrons. The van der Waals surface area contributed by atoms with Crippen LogP contribution in [0.15, 0.2) is 30.3 Å². The van der Waals surface area contributed by atoms with E-state index in [-0.39, 0.29) is 24.2 Å². The van der Waals surface area contributed by atoms with Crippen LogP contribution in [0.25, 0.3) is 11.1 Å². The molecule has 2 aromatic carbocycles. The Morgan fingerprint density at radius 2 is 1.70 bits per heavy atom. The van der Waals surface area contributed by atoms with Crippen LogP contribution >= 0.6 is 0 Å². The van der Waals surface area contributed by atoms with Crippen molar-refractivity contribution < 1.29 is 38.6 Å². The second kappa shape index (κ2) is 11.6. The van der Waals surface area contributed by atoms with Gasteiger partial charge in [-0.2, -0.15) is 0 Å². The number of phenolic OH excluding ortho intramolecular Hbond substituents is 1. The molecule has 3 unspecified atom stereocenters. The summed E-state index contributed by atoms with van der Waals surface area (Å²) in [5.41, 5.74) is -2.47. The van der Waals surface area contributed by atoms with E-state index in [0.29, 0.717) is 31.2 Å². The van der Waals surface area contributed by atoms with Gasteiger partial charge in [-0.3, -0.25) is 24.0 Å². The Kier molecular flexibility index (Phi) is 8.57. The summed E-state index contributed by atoms with van der Waals surface area (Å²) in [5.74, 6) is -9.12. The summed E-state index contributed by atoms with van der Waals surface area (Å²) < 4.78 is 14.2. The maximum atomic E-state index is 14.6. The molecular weight excluding hydrogens is 599 g/mol. The molecule has 5 rings (SSSR count). The van der Waals surface area contributed by atoms with E-state index < -0.39 is 74.7 Å². The number of benzene rings is 2. The minimum Gasteiger partial charge on any atom is -0.507 e. The minimum atomic E-state index is -2.73. The molecule has 2 N–H and O–H groups in total. The summed E-state index contributed by atoms with van der Waals surface area (Å²) in [7, 11) is 0. The number of Topliss-reactive ketones (excluding diaryl/α,β-unsaturated/α-hetero) is 5. The molecule has 0 amide bonds. The summed E-state index contributed by atoms with van der Waals surface area (Å²) in [6.07, 6.45) is 2.59. The molecule has 3 aliphatic rings. The first-order chi connectivity index (χ1) is 21.7. The van der Waals surface area contributed by atoms with Crippen molar-refractivity contribution in [1.82, 2.24) is 0 Å². The first-order valence-corrected chi connectivity index (χ1v) is 16.8. The van der Waals surface area contributed by atoms with Gasteiger partial charge < -0.3 is 10.2 Å². The average Bonchev–Trinajstić information content (AvgIpc) is 2.94. The van der Waals surface area contributed by atoms with Crippen molar-refractivity contribution in [2.45, 2.75) is 105 Å². The molecule has 3 aliphatic carbocycles. The van der Waals surface area contributed by atoms with Crippen molar-refractivity contribution in [2.75, 3.05) is 0 Å². The lowest BCUT2D eigenvalue weighted by Gasteiger charge is -2.61. The van der Waals surface area contributed by atoms with Gasteiger partial charge in [-0.25, -0.2) is 4.39 Å². The first kappa shape index (κ1) is 34.8. The number of phenols is 1. The molecule has 2 saturated carbocycles. The van der Waals surface area contributed by atoms with Crippen molar-refractivity contribution >= 4 is 28.9 Å². The summed E-state index contributed by atoms with van der Waals surface area (Å²) in [4.78, 5) is 69.3. The van der Waals surface area contributed by atoms with Gasteiger partial charge in [-0.05, 0) is 105 Å². The van der Waals surface area contributed by atoms with E-state index >= 15 is 0 Å². The van der Waals surface area contributed by atoms with Crippen LogP contribution in [0.1, 0.15) is 102 Å². The number of hydrogen-bond acceptors (Lipinski definition) is 7. The predicted octanol–water partition coefficient (Wildman–Crippen LogP) is 6.39. The van der Waals surface area contributed by atoms with E-state index in [1.165, 1.54) is 6.07 Å². The van der Waals surface area contributed by atoms with E-state index in [1.807, 2.05) is 19.1 Å². The normalized spacial score (nSPS) is 30.7. The molecule has 47 heavy (non-hydrogen) atoms. The van der Waals surface area contributed by atoms with Gasteiger partial charge >= 0.3 is 0 Å². The topological polar surface area (TPSA) is 126 Å². The van der Waals surface area contributed by atoms with Crippen LogP contribution in [0.4, 0.5) is 4.39 Å². The fourth-order valence-corrected chi connectivity index (χ4v) is 9.44. The lowest BCUT2D eigenvalue weighted by Crippen LogP contribution is -2.76. The van der Waals surface area contributed by atoms with E-state index in [1.54, 1.807) is 47.6 Å². The number of aliphatic hydroxyl groups is 1. The van der Waals surface area contributed by atoms with E-state index in [0.717, 1.165) is 29.2 Å². The highest BCUT2D eigenvalue weighted by atomic mass is 19.1. The van der Waals surface area contributed by atoms with Crippen molar-refractivity contribution in [3.05, 3.63) is 52.6 Å². The molecule has 0 heterocycles. The van der Waals surface area contributed by atoms with Crippen molar-refractivity contribution in [2.24, 2.45) is 34.5 Å². The number of aryl methyl sites for hydroxylation is 2. The zero-order valence-electron chi connectivity index (χ0n) is 28.8. The number of fused-ring (bicyclic) bond motifs is 3. The van der Waals surface area contributed by atoms with Crippen LogP contribution in [-0.4, -0.2) is 50.4 Å². The second-order valence-electron chi connectivity index (χ2n) is 15.7. The SMILES string of the molecule is CCc1ccc(CCCC(C)(C)F)cc1-c1ccc(O)c2c1C[C@]1(C)C[C@]3(C)C(C(C)C)C(=O)C(C(C)=O)C(=O)[C@]3(O)C(=O)C1C2=O. The van der Waals surface area contributed by atoms with Crippen LogP contribution in [-0.2, 0) is 38.4 Å². The monoisotopic (exact) mass is 646 g/mol. The van der Waals surface area contributed by atoms with E-state index in [2.05, 4.69) is 6.07 Å². The van der Waals surface area contributed by atoms with Crippen LogP contribution < -0.4 is 0 Å². The molecular formula is C39H47FO7. The fourth-order valence-electron chi connectivity index (χ4n) is 9.44. The zero-order valence-corrected chi connectivity index (χ0v) is 28.8. The molecule has 0 bridgehead atoms. The Hall–Kier alpha value is -3.52. The number of halogens is 1. The number of hydrogen-bond donors (Lipinski definition) is 2. The van der Waals surface area contributed by atoms with Crippen molar-refractivity contribution in [3.8, 4) is 16.9 Å². The first-order valence-electron chi connectivity index (χ1n) is 16.8. The van der Waals surface area contributed by atoms with E-state index in [4.69, 9.17) is 0 Å². The fraction of sp³-hybridized carbons (Fsp3) is 0.564. The Labute approximate surface area is 276 Å². The summed E-state index contributed by atoms with van der Waals surface area (Å²) in [5, 5.41) is 23.4. The third-order valence-corrected chi connectivity index (χ3v) is 11.3. The molecule has 8 heteroatoms. The molecule has 2 aromatic rings. The molecule has 0 aromatic heterocycles. The number of carbonyl (C=O) groups is 5. The van der Waals surface area contributed by atoms with Gasteiger partial charge in [0.05, 0.1) is 11.5 Å². The summed E-state index contributed by atoms with van der Waals surface area (Å²) in [6.45, 7) is 13.2. The molecule has 6 atom stereocenters. The molecule has 2 fully saturated rings. The highest BCUT2D eigenvalue weighted by Crippen LogP contribution is 2.64. The van der Waals surface area contributed by atoms with Crippen LogP contribution in [0.3, 0.4) is 0 Å². The lowest BCUT2D eigenvalue weighted by molar-refractivity contribution is -0.205. The largest absolute Gasteiger partial charge is 0.507 e. The average molecular weight is 647 g/mol. The smallest absolute Gasteiger partial charge is 0.190 e. The van der Waals surface area contributed by atoms with Gasteiger partial charge in [0.2, 0.25) is 0 Å². The van der Waals surface area contributed by atoms with Gasteiger partial charge in [-0.1, -0.05) is 58.9 Å². The Morgan fingerprint density at radius 1 is 1.04 bits per heavy atom. The number of aromatic hydroxyl groups is 1. The Balaban J connectivity index is 1.67. The number of rotatable bonds is 8. The third-order valence-electron chi connectivity index (χ3n) is 11.3. The quantitative estimate of drug-likeness (QED) is 0.318. The number of carbonyl (C=O) groups excluding carboxylic acids is 5. The third kappa shape index (κ3) is 5.22. The van der Waals surface area contributed by atoms with Crippen molar-refractivity contribution in [3.63, 3.8) is 0 Å². The predicted molar refractivity (Wildman–Crippen MR) is 176 cm³/mol. The Morgan fingerprint density at radius 3 is 2.28 bits per heavy atom. The van der Waals surface area contributed by atoms with Gasteiger partial charge in [0, 0.05) is 11.3 Å². The molecule has 0 saturated heterocycles. The van der Waals surface area contributed by atoms with E-state index in [9.17, 15) is 38.6 Å². The molecule has 7 nitrogen and oxygen atoms in total. The minimum absolute atomic E-state index is 0.00216. The van der Waals surface area contributed by atoms with Gasteiger partial charge in [0.25, 0.3) is 0 Å². The second-order valence-corrected chi connectivity index (χ2v) is 15.7. The molecule has 0 radical (unpaired) electrons. The van der Waals surface area contributed by atoms with Gasteiger partial charge in [0.1, 0.15) is 23.1 Å². The summed E-state index contributed by atoms with van der Waals surface area (Å²) >= 11 is 0. The highest BCUT2D eigenvalue weighted by Gasteiger charge is 2.76. The highest BCUT2D eigenvalue weighted by molar-refractivity contribution is 6.32. The van der Waals surface area contributed by atoms with Crippen LogP contribution in [0, 0.1) is 34.5 Å². The van der Waals surface area contributed by atoms with Crippen molar-refractivity contribution in [1.29, 1.82) is 0 Å². The van der Waals surface area contributed by atoms with Crippen LogP contribution in [0.5, 0.6) is 5.75 Å². The maximum Gasteiger partial charge on any atom is 0.190 e. The number of alkyl halides is 1. The molecule has 0 aliphatic heterocycles. The zero-order chi connectivity index (χ0) is 35.0. The Bertz CT molecular complexity index is 1700. The summed E-state index contributed by atoms with van der Waals surface area (Å²) in [6, 6.07) is 9.32. The van der Waals surface area contributed by atoms with Gasteiger partial charge in [0.15, 0.2) is 28.7 Å². The molecule has 0 spiro atoms. The maximum absolute atomic E-state index is 14.6. The van der Waals surface area contributed by atoms with Gasteiger partial charge in [-0.15, -0.1) is 0 Å². The van der Waals surface area contributed by atoms with Crippen LogP contribution in [0.2, 0.25) is 0 Å².